The molecule has 1 aliphatic carbocycles. The molecule has 0 radical (unpaired) electrons. The van der Waals surface area contributed by atoms with Gasteiger partial charge in [0.25, 0.3) is 0 Å². The molecule has 1 unspecified atom stereocenters. The lowest BCUT2D eigenvalue weighted by Gasteiger charge is -2.34. The molecular weight excluding hydrogens is 539 g/mol. The maximum Gasteiger partial charge on any atom is 0.243 e. The van der Waals surface area contributed by atoms with E-state index in [1.807, 2.05) is 30.3 Å². The van der Waals surface area contributed by atoms with Gasteiger partial charge in [-0.1, -0.05) is 117 Å². The minimum Gasteiger partial charge on any atom is -0.352 e. The molecule has 0 aromatic heterocycles. The maximum absolute atomic E-state index is 14.0. The molecule has 0 aliphatic heterocycles. The minimum absolute atomic E-state index is 0.0938. The fourth-order valence-electron chi connectivity index (χ4n) is 5.42. The number of nitrogens with one attached hydrogen (secondary N) is 1. The largest absolute Gasteiger partial charge is 0.352 e. The topological polar surface area (TPSA) is 49.4 Å². The highest BCUT2D eigenvalue weighted by Gasteiger charge is 2.32. The van der Waals surface area contributed by atoms with Crippen LogP contribution in [0.1, 0.15) is 80.5 Å². The van der Waals surface area contributed by atoms with Gasteiger partial charge in [0.1, 0.15) is 6.04 Å². The number of benzene rings is 3. The van der Waals surface area contributed by atoms with Gasteiger partial charge in [0, 0.05) is 41.0 Å². The highest BCUT2D eigenvalue weighted by Crippen LogP contribution is 2.28. The van der Waals surface area contributed by atoms with Crippen LogP contribution in [0.4, 0.5) is 0 Å². The highest BCUT2D eigenvalue weighted by atomic mass is 35.5. The van der Waals surface area contributed by atoms with E-state index >= 15 is 0 Å². The third-order valence-electron chi connectivity index (χ3n) is 7.89. The summed E-state index contributed by atoms with van der Waals surface area (Å²) in [5, 5.41) is 4.25. The van der Waals surface area contributed by atoms with Crippen LogP contribution in [0.25, 0.3) is 0 Å². The smallest absolute Gasteiger partial charge is 0.243 e. The number of nitrogens with zero attached hydrogens (tertiary/aromatic N) is 1. The summed E-state index contributed by atoms with van der Waals surface area (Å²) >= 11 is 13.1. The van der Waals surface area contributed by atoms with Crippen molar-refractivity contribution < 1.29 is 9.59 Å². The molecule has 4 nitrogen and oxygen atoms in total. The molecule has 40 heavy (non-hydrogen) atoms. The predicted molar refractivity (Wildman–Crippen MR) is 165 cm³/mol. The van der Waals surface area contributed by atoms with E-state index in [1.54, 1.807) is 23.1 Å². The Morgan fingerprint density at radius 3 is 2.12 bits per heavy atom. The fourth-order valence-corrected chi connectivity index (χ4v) is 5.93. The molecule has 1 aliphatic rings. The molecule has 1 saturated carbocycles. The van der Waals surface area contributed by atoms with Crippen LogP contribution in [0.3, 0.4) is 0 Å². The number of carbonyl (C=O) groups is 2. The van der Waals surface area contributed by atoms with Gasteiger partial charge in [-0.25, -0.2) is 0 Å². The second-order valence-electron chi connectivity index (χ2n) is 11.2. The van der Waals surface area contributed by atoms with Crippen molar-refractivity contribution in [3.8, 4) is 0 Å². The Morgan fingerprint density at radius 1 is 0.850 bits per heavy atom. The Labute approximate surface area is 249 Å². The van der Waals surface area contributed by atoms with Crippen LogP contribution in [-0.4, -0.2) is 28.8 Å². The molecule has 1 N–H and O–H groups in total. The van der Waals surface area contributed by atoms with Crippen molar-refractivity contribution >= 4 is 35.0 Å². The number of rotatable bonds is 11. The van der Waals surface area contributed by atoms with Gasteiger partial charge in [-0.2, -0.15) is 0 Å². The van der Waals surface area contributed by atoms with E-state index in [1.165, 1.54) is 12.0 Å². The lowest BCUT2D eigenvalue weighted by Crippen LogP contribution is -2.53. The Bertz CT molecular complexity index is 1230. The van der Waals surface area contributed by atoms with Crippen LogP contribution in [0.2, 0.25) is 10.0 Å². The lowest BCUT2D eigenvalue weighted by molar-refractivity contribution is -0.141. The second kappa shape index (κ2) is 14.7. The van der Waals surface area contributed by atoms with Crippen LogP contribution in [-0.2, 0) is 29.0 Å². The summed E-state index contributed by atoms with van der Waals surface area (Å²) in [5.74, 6) is 0.241. The molecule has 1 fully saturated rings. The number of hydrogen-bond donors (Lipinski definition) is 1. The van der Waals surface area contributed by atoms with Gasteiger partial charge in [-0.15, -0.1) is 0 Å². The van der Waals surface area contributed by atoms with Gasteiger partial charge in [-0.3, -0.25) is 9.59 Å². The van der Waals surface area contributed by atoms with Crippen molar-refractivity contribution in [2.24, 2.45) is 0 Å². The fraction of sp³-hybridized carbons (Fsp3) is 0.412. The first-order chi connectivity index (χ1) is 19.3. The van der Waals surface area contributed by atoms with Crippen molar-refractivity contribution in [3.05, 3.63) is 105 Å². The molecular formula is C34H40Cl2N2O2. The number of amides is 2. The molecule has 0 saturated heterocycles. The lowest BCUT2D eigenvalue weighted by atomic mass is 9.94. The molecule has 3 aromatic rings. The van der Waals surface area contributed by atoms with Gasteiger partial charge in [0.05, 0.1) is 0 Å². The summed E-state index contributed by atoms with van der Waals surface area (Å²) in [6, 6.07) is 23.1. The van der Waals surface area contributed by atoms with Gasteiger partial charge < -0.3 is 10.2 Å². The predicted octanol–water partition coefficient (Wildman–Crippen LogP) is 8.14. The van der Waals surface area contributed by atoms with Crippen molar-refractivity contribution in [2.45, 2.75) is 89.8 Å². The van der Waals surface area contributed by atoms with Gasteiger partial charge in [0.15, 0.2) is 0 Å². The second-order valence-corrected chi connectivity index (χ2v) is 12.0. The van der Waals surface area contributed by atoms with Crippen LogP contribution in [0.5, 0.6) is 0 Å². The number of halogens is 2. The Morgan fingerprint density at radius 2 is 1.50 bits per heavy atom. The summed E-state index contributed by atoms with van der Waals surface area (Å²) in [4.78, 5) is 29.6. The van der Waals surface area contributed by atoms with E-state index in [-0.39, 0.29) is 30.8 Å². The molecule has 212 valence electrons. The van der Waals surface area contributed by atoms with E-state index < -0.39 is 6.04 Å². The maximum atomic E-state index is 14.0. The monoisotopic (exact) mass is 578 g/mol. The summed E-state index contributed by atoms with van der Waals surface area (Å²) in [5.41, 5.74) is 4.02. The molecule has 3 aromatic carbocycles. The summed E-state index contributed by atoms with van der Waals surface area (Å²) in [6.07, 6.45) is 6.66. The van der Waals surface area contributed by atoms with Crippen molar-refractivity contribution in [1.82, 2.24) is 10.2 Å². The number of carbonyl (C=O) groups excluding carboxylic acids is 2. The van der Waals surface area contributed by atoms with E-state index in [9.17, 15) is 9.59 Å². The quantitative estimate of drug-likeness (QED) is 0.249. The van der Waals surface area contributed by atoms with Crippen LogP contribution in [0, 0.1) is 0 Å². The van der Waals surface area contributed by atoms with E-state index in [0.29, 0.717) is 34.4 Å². The number of hydrogen-bond acceptors (Lipinski definition) is 2. The molecule has 0 bridgehead atoms. The molecule has 1 atom stereocenters. The van der Waals surface area contributed by atoms with Crippen LogP contribution >= 0.6 is 23.2 Å². The van der Waals surface area contributed by atoms with Crippen molar-refractivity contribution in [3.63, 3.8) is 0 Å². The average molecular weight is 580 g/mol. The average Bonchev–Trinajstić information content (AvgIpc) is 2.96. The molecule has 2 amide bonds. The Balaban J connectivity index is 1.62. The third-order valence-corrected chi connectivity index (χ3v) is 8.59. The Hall–Kier alpha value is -2.82. The van der Waals surface area contributed by atoms with Crippen LogP contribution < -0.4 is 5.32 Å². The van der Waals surface area contributed by atoms with Crippen molar-refractivity contribution in [1.29, 1.82) is 0 Å². The zero-order valence-electron chi connectivity index (χ0n) is 23.5. The zero-order valence-corrected chi connectivity index (χ0v) is 25.1. The first-order valence-electron chi connectivity index (χ1n) is 14.5. The van der Waals surface area contributed by atoms with Gasteiger partial charge >= 0.3 is 0 Å². The molecule has 0 heterocycles. The van der Waals surface area contributed by atoms with E-state index in [0.717, 1.165) is 36.8 Å². The summed E-state index contributed by atoms with van der Waals surface area (Å²) in [7, 11) is 0. The van der Waals surface area contributed by atoms with Crippen LogP contribution in [0.15, 0.2) is 72.8 Å². The summed E-state index contributed by atoms with van der Waals surface area (Å²) < 4.78 is 0. The normalized spacial score (nSPS) is 14.6. The van der Waals surface area contributed by atoms with E-state index in [4.69, 9.17) is 23.2 Å². The zero-order chi connectivity index (χ0) is 28.5. The molecule has 4 rings (SSSR count). The first kappa shape index (κ1) is 30.1. The molecule has 0 spiro atoms. The SMILES string of the molecule is CC(C)c1ccc(CCC(=O)N(Cc2c(Cl)cccc2Cl)C(Cc2ccccc2)C(=O)NC2CCCCC2)cc1. The number of aryl methyl sites for hydroxylation is 1. The standard InChI is InChI=1S/C34H40Cl2N2O2/c1-24(2)27-19-16-25(17-20-27)18-21-33(39)38(23-29-30(35)14-9-15-31(29)36)32(22-26-10-5-3-6-11-26)34(40)37-28-12-7-4-8-13-28/h3,5-6,9-11,14-17,19-20,24,28,32H,4,7-8,12-13,18,21-23H2,1-2H3,(H,37,40). The van der Waals surface area contributed by atoms with Crippen molar-refractivity contribution in [2.75, 3.05) is 0 Å². The first-order valence-corrected chi connectivity index (χ1v) is 15.2. The van der Waals surface area contributed by atoms with Gasteiger partial charge in [-0.05, 0) is 54.0 Å². The summed E-state index contributed by atoms with van der Waals surface area (Å²) in [6.45, 7) is 4.50. The highest BCUT2D eigenvalue weighted by molar-refractivity contribution is 6.36. The van der Waals surface area contributed by atoms with E-state index in [2.05, 4.69) is 43.4 Å². The van der Waals surface area contributed by atoms with Gasteiger partial charge in [0.2, 0.25) is 11.8 Å². The molecule has 6 heteroatoms. The third kappa shape index (κ3) is 8.34. The Kier molecular flexibility index (Phi) is 11.1. The minimum atomic E-state index is -0.688.